The van der Waals surface area contributed by atoms with E-state index in [4.69, 9.17) is 0 Å². The molecule has 0 amide bonds. The van der Waals surface area contributed by atoms with Crippen LogP contribution in [0, 0.1) is 13.8 Å². The Morgan fingerprint density at radius 1 is 1.00 bits per heavy atom. The summed E-state index contributed by atoms with van der Waals surface area (Å²) < 4.78 is 0. The molecular formula is C17H19N. The van der Waals surface area contributed by atoms with Crippen molar-refractivity contribution in [1.82, 2.24) is 4.98 Å². The number of nitrogens with one attached hydrogen (secondary N) is 1. The van der Waals surface area contributed by atoms with E-state index in [2.05, 4.69) is 56.1 Å². The van der Waals surface area contributed by atoms with Crippen molar-refractivity contribution in [3.05, 3.63) is 47.0 Å². The zero-order valence-corrected chi connectivity index (χ0v) is 11.3. The van der Waals surface area contributed by atoms with E-state index >= 15 is 0 Å². The fourth-order valence-electron chi connectivity index (χ4n) is 2.88. The van der Waals surface area contributed by atoms with Crippen molar-refractivity contribution in [2.45, 2.75) is 33.6 Å². The SMILES string of the molecule is CCCc1cc(C)c2c(c1)[nH]c1cc(C)ccc12. The van der Waals surface area contributed by atoms with E-state index in [0.717, 1.165) is 6.42 Å². The average molecular weight is 237 g/mol. The molecule has 0 radical (unpaired) electrons. The molecule has 1 heterocycles. The van der Waals surface area contributed by atoms with Gasteiger partial charge >= 0.3 is 0 Å². The number of H-pyrrole nitrogens is 1. The summed E-state index contributed by atoms with van der Waals surface area (Å²) in [5.41, 5.74) is 6.65. The minimum atomic E-state index is 1.16. The summed E-state index contributed by atoms with van der Waals surface area (Å²) in [4.78, 5) is 3.56. The number of aromatic amines is 1. The van der Waals surface area contributed by atoms with Gasteiger partial charge in [-0.2, -0.15) is 0 Å². The number of fused-ring (bicyclic) bond motifs is 3. The minimum Gasteiger partial charge on any atom is -0.354 e. The van der Waals surface area contributed by atoms with Crippen molar-refractivity contribution in [3.8, 4) is 0 Å². The van der Waals surface area contributed by atoms with Gasteiger partial charge in [-0.05, 0) is 49.1 Å². The van der Waals surface area contributed by atoms with Crippen LogP contribution in [0.25, 0.3) is 21.8 Å². The fraction of sp³-hybridized carbons (Fsp3) is 0.294. The highest BCUT2D eigenvalue weighted by atomic mass is 14.7. The van der Waals surface area contributed by atoms with Gasteiger partial charge in [0.25, 0.3) is 0 Å². The summed E-state index contributed by atoms with van der Waals surface area (Å²) in [7, 11) is 0. The third kappa shape index (κ3) is 1.71. The molecule has 1 aromatic heterocycles. The minimum absolute atomic E-state index is 1.16. The predicted molar refractivity (Wildman–Crippen MR) is 79.3 cm³/mol. The summed E-state index contributed by atoms with van der Waals surface area (Å²) in [5, 5.41) is 2.72. The summed E-state index contributed by atoms with van der Waals surface area (Å²) >= 11 is 0. The fourth-order valence-corrected chi connectivity index (χ4v) is 2.88. The lowest BCUT2D eigenvalue weighted by Crippen LogP contribution is -1.85. The second kappa shape index (κ2) is 4.16. The quantitative estimate of drug-likeness (QED) is 0.653. The molecule has 1 N–H and O–H groups in total. The van der Waals surface area contributed by atoms with Gasteiger partial charge in [-0.1, -0.05) is 31.5 Å². The largest absolute Gasteiger partial charge is 0.354 e. The molecule has 1 nitrogen and oxygen atoms in total. The van der Waals surface area contributed by atoms with E-state index < -0.39 is 0 Å². The second-order valence-electron chi connectivity index (χ2n) is 5.26. The molecule has 0 aliphatic heterocycles. The van der Waals surface area contributed by atoms with Gasteiger partial charge in [0.1, 0.15) is 0 Å². The second-order valence-corrected chi connectivity index (χ2v) is 5.26. The number of hydrogen-bond donors (Lipinski definition) is 1. The van der Waals surface area contributed by atoms with Gasteiger partial charge in [0, 0.05) is 21.8 Å². The Labute approximate surface area is 108 Å². The molecule has 0 unspecified atom stereocenters. The van der Waals surface area contributed by atoms with Gasteiger partial charge in [-0.15, -0.1) is 0 Å². The predicted octanol–water partition coefficient (Wildman–Crippen LogP) is 4.89. The third-order valence-electron chi connectivity index (χ3n) is 3.65. The maximum atomic E-state index is 3.56. The molecule has 92 valence electrons. The Bertz CT molecular complexity index is 719. The zero-order chi connectivity index (χ0) is 12.7. The van der Waals surface area contributed by atoms with Crippen LogP contribution < -0.4 is 0 Å². The van der Waals surface area contributed by atoms with Crippen LogP contribution in [-0.2, 0) is 6.42 Å². The molecule has 3 rings (SSSR count). The lowest BCUT2D eigenvalue weighted by atomic mass is 10.0. The van der Waals surface area contributed by atoms with E-state index in [1.54, 1.807) is 0 Å². The van der Waals surface area contributed by atoms with E-state index in [0.29, 0.717) is 0 Å². The first kappa shape index (κ1) is 11.3. The molecular weight excluding hydrogens is 218 g/mol. The molecule has 0 bridgehead atoms. The first-order chi connectivity index (χ1) is 8.69. The van der Waals surface area contributed by atoms with Gasteiger partial charge in [0.2, 0.25) is 0 Å². The summed E-state index contributed by atoms with van der Waals surface area (Å²) in [6.07, 6.45) is 2.36. The number of rotatable bonds is 2. The highest BCUT2D eigenvalue weighted by Gasteiger charge is 2.08. The highest BCUT2D eigenvalue weighted by molar-refractivity contribution is 6.09. The molecule has 0 atom stereocenters. The van der Waals surface area contributed by atoms with Crippen LogP contribution in [-0.4, -0.2) is 4.98 Å². The van der Waals surface area contributed by atoms with Crippen molar-refractivity contribution in [1.29, 1.82) is 0 Å². The topological polar surface area (TPSA) is 15.8 Å². The highest BCUT2D eigenvalue weighted by Crippen LogP contribution is 2.30. The first-order valence-electron chi connectivity index (χ1n) is 6.70. The Morgan fingerprint density at radius 3 is 2.61 bits per heavy atom. The number of aromatic nitrogens is 1. The zero-order valence-electron chi connectivity index (χ0n) is 11.3. The molecule has 0 saturated carbocycles. The molecule has 1 heteroatoms. The Balaban J connectivity index is 2.35. The molecule has 0 aliphatic carbocycles. The Morgan fingerprint density at radius 2 is 1.83 bits per heavy atom. The van der Waals surface area contributed by atoms with E-state index in [1.165, 1.54) is 44.9 Å². The van der Waals surface area contributed by atoms with Crippen LogP contribution in [0.4, 0.5) is 0 Å². The van der Waals surface area contributed by atoms with Crippen LogP contribution >= 0.6 is 0 Å². The van der Waals surface area contributed by atoms with E-state index in [-0.39, 0.29) is 0 Å². The van der Waals surface area contributed by atoms with Gasteiger partial charge in [0.15, 0.2) is 0 Å². The van der Waals surface area contributed by atoms with Crippen LogP contribution in [0.3, 0.4) is 0 Å². The average Bonchev–Trinajstić information content (AvgIpc) is 2.66. The molecule has 0 saturated heterocycles. The standard InChI is InChI=1S/C17H19N/c1-4-5-13-9-12(3)17-14-7-6-11(2)8-15(14)18-16(17)10-13/h6-10,18H,4-5H2,1-3H3. The molecule has 0 fully saturated rings. The molecule has 0 aliphatic rings. The van der Waals surface area contributed by atoms with Crippen LogP contribution in [0.2, 0.25) is 0 Å². The normalized spacial score (nSPS) is 11.5. The number of aryl methyl sites for hydroxylation is 3. The van der Waals surface area contributed by atoms with Gasteiger partial charge in [-0.3, -0.25) is 0 Å². The van der Waals surface area contributed by atoms with E-state index in [1.807, 2.05) is 0 Å². The Kier molecular flexibility index (Phi) is 2.62. The monoisotopic (exact) mass is 237 g/mol. The number of hydrogen-bond acceptors (Lipinski definition) is 0. The number of benzene rings is 2. The van der Waals surface area contributed by atoms with Crippen molar-refractivity contribution < 1.29 is 0 Å². The summed E-state index contributed by atoms with van der Waals surface area (Å²) in [6, 6.07) is 11.3. The van der Waals surface area contributed by atoms with Crippen LogP contribution in [0.15, 0.2) is 30.3 Å². The summed E-state index contributed by atoms with van der Waals surface area (Å²) in [6.45, 7) is 6.59. The maximum Gasteiger partial charge on any atom is 0.0470 e. The maximum absolute atomic E-state index is 3.56. The lowest BCUT2D eigenvalue weighted by Gasteiger charge is -2.03. The molecule has 3 aromatic rings. The summed E-state index contributed by atoms with van der Waals surface area (Å²) in [5.74, 6) is 0. The lowest BCUT2D eigenvalue weighted by molar-refractivity contribution is 0.922. The van der Waals surface area contributed by atoms with Crippen LogP contribution in [0.5, 0.6) is 0 Å². The van der Waals surface area contributed by atoms with Crippen molar-refractivity contribution in [3.63, 3.8) is 0 Å². The Hall–Kier alpha value is -1.76. The first-order valence-corrected chi connectivity index (χ1v) is 6.70. The van der Waals surface area contributed by atoms with Crippen molar-refractivity contribution in [2.75, 3.05) is 0 Å². The van der Waals surface area contributed by atoms with Gasteiger partial charge in [-0.25, -0.2) is 0 Å². The van der Waals surface area contributed by atoms with Gasteiger partial charge in [0.05, 0.1) is 0 Å². The smallest absolute Gasteiger partial charge is 0.0470 e. The molecule has 0 spiro atoms. The van der Waals surface area contributed by atoms with E-state index in [9.17, 15) is 0 Å². The van der Waals surface area contributed by atoms with Crippen molar-refractivity contribution >= 4 is 21.8 Å². The van der Waals surface area contributed by atoms with Crippen LogP contribution in [0.1, 0.15) is 30.0 Å². The third-order valence-corrected chi connectivity index (χ3v) is 3.65. The molecule has 2 aromatic carbocycles. The van der Waals surface area contributed by atoms with Gasteiger partial charge < -0.3 is 4.98 Å². The van der Waals surface area contributed by atoms with Crippen molar-refractivity contribution in [2.24, 2.45) is 0 Å². The molecule has 18 heavy (non-hydrogen) atoms.